The molecule has 0 bridgehead atoms. The lowest BCUT2D eigenvalue weighted by atomic mass is 9.86. The van der Waals surface area contributed by atoms with Gasteiger partial charge in [0, 0.05) is 16.7 Å². The standard InChI is InChI=1S/C14H16O3/c1-7-4-5-10-11(6-7)14(17)12(9(3)15)8(2)13(10)16/h4,16-17H,5-6H2,1-3H3. The highest BCUT2D eigenvalue weighted by Gasteiger charge is 2.24. The molecular weight excluding hydrogens is 216 g/mol. The van der Waals surface area contributed by atoms with Crippen LogP contribution in [0.4, 0.5) is 0 Å². The first kappa shape index (κ1) is 11.7. The molecule has 0 atom stereocenters. The molecule has 90 valence electrons. The number of rotatable bonds is 1. The maximum absolute atomic E-state index is 11.5. The van der Waals surface area contributed by atoms with Gasteiger partial charge in [-0.2, -0.15) is 0 Å². The van der Waals surface area contributed by atoms with E-state index >= 15 is 0 Å². The van der Waals surface area contributed by atoms with E-state index in [2.05, 4.69) is 0 Å². The number of hydrogen-bond acceptors (Lipinski definition) is 3. The Balaban J connectivity index is 2.75. The van der Waals surface area contributed by atoms with Crippen molar-refractivity contribution in [2.75, 3.05) is 0 Å². The molecule has 1 aromatic rings. The normalized spacial score (nSPS) is 14.2. The number of Topliss-reactive ketones (excluding diaryl/α,β-unsaturated/α-hetero) is 1. The maximum Gasteiger partial charge on any atom is 0.163 e. The molecule has 2 N–H and O–H groups in total. The molecule has 0 spiro atoms. The second-order valence-corrected chi connectivity index (χ2v) is 4.64. The van der Waals surface area contributed by atoms with Crippen molar-refractivity contribution in [2.45, 2.75) is 33.6 Å². The predicted molar refractivity (Wildman–Crippen MR) is 65.7 cm³/mol. The summed E-state index contributed by atoms with van der Waals surface area (Å²) in [6.45, 7) is 5.05. The molecule has 2 rings (SSSR count). The van der Waals surface area contributed by atoms with E-state index in [0.717, 1.165) is 11.1 Å². The fourth-order valence-corrected chi connectivity index (χ4v) is 2.43. The number of allylic oxidation sites excluding steroid dienone is 2. The molecule has 0 heterocycles. The average molecular weight is 232 g/mol. The molecule has 17 heavy (non-hydrogen) atoms. The molecule has 1 aliphatic rings. The Bertz CT molecular complexity index is 539. The van der Waals surface area contributed by atoms with E-state index in [1.165, 1.54) is 6.92 Å². The van der Waals surface area contributed by atoms with E-state index in [4.69, 9.17) is 0 Å². The number of phenolic OH excluding ortho intramolecular Hbond substituents is 2. The number of hydrogen-bond donors (Lipinski definition) is 2. The zero-order valence-electron chi connectivity index (χ0n) is 10.3. The van der Waals surface area contributed by atoms with E-state index in [0.29, 0.717) is 24.0 Å². The largest absolute Gasteiger partial charge is 0.507 e. The van der Waals surface area contributed by atoms with Gasteiger partial charge in [0.15, 0.2) is 5.78 Å². The summed E-state index contributed by atoms with van der Waals surface area (Å²) < 4.78 is 0. The van der Waals surface area contributed by atoms with Gasteiger partial charge in [-0.25, -0.2) is 0 Å². The van der Waals surface area contributed by atoms with Gasteiger partial charge in [-0.1, -0.05) is 11.6 Å². The molecule has 0 radical (unpaired) electrons. The van der Waals surface area contributed by atoms with Crippen LogP contribution in [-0.4, -0.2) is 16.0 Å². The maximum atomic E-state index is 11.5. The van der Waals surface area contributed by atoms with E-state index in [-0.39, 0.29) is 22.8 Å². The monoisotopic (exact) mass is 232 g/mol. The smallest absolute Gasteiger partial charge is 0.163 e. The number of aromatic hydroxyl groups is 2. The van der Waals surface area contributed by atoms with Crippen LogP contribution in [0.2, 0.25) is 0 Å². The fraction of sp³-hybridized carbons (Fsp3) is 0.357. The zero-order valence-corrected chi connectivity index (χ0v) is 10.3. The first-order valence-electron chi connectivity index (χ1n) is 5.66. The predicted octanol–water partition coefficient (Wildman–Crippen LogP) is 2.65. The van der Waals surface area contributed by atoms with Crippen LogP contribution in [0.25, 0.3) is 0 Å². The molecule has 3 nitrogen and oxygen atoms in total. The highest BCUT2D eigenvalue weighted by Crippen LogP contribution is 2.40. The molecule has 0 fully saturated rings. The number of fused-ring (bicyclic) bond motifs is 1. The Morgan fingerprint density at radius 3 is 2.41 bits per heavy atom. The third-order valence-corrected chi connectivity index (χ3v) is 3.37. The summed E-state index contributed by atoms with van der Waals surface area (Å²) >= 11 is 0. The summed E-state index contributed by atoms with van der Waals surface area (Å²) in [4.78, 5) is 11.5. The molecule has 0 saturated carbocycles. The Hall–Kier alpha value is -1.77. The van der Waals surface area contributed by atoms with Crippen LogP contribution in [0.3, 0.4) is 0 Å². The van der Waals surface area contributed by atoms with Gasteiger partial charge in [0.1, 0.15) is 11.5 Å². The van der Waals surface area contributed by atoms with Crippen molar-refractivity contribution in [1.29, 1.82) is 0 Å². The zero-order chi connectivity index (χ0) is 12.7. The SMILES string of the molecule is CC(=O)c1c(C)c(O)c2c(c1O)CC(C)=CC2. The fourth-order valence-electron chi connectivity index (χ4n) is 2.43. The Labute approximate surface area is 100 Å². The minimum Gasteiger partial charge on any atom is -0.507 e. The van der Waals surface area contributed by atoms with Gasteiger partial charge < -0.3 is 10.2 Å². The van der Waals surface area contributed by atoms with Gasteiger partial charge in [-0.15, -0.1) is 0 Å². The molecule has 0 unspecified atom stereocenters. The first-order valence-corrected chi connectivity index (χ1v) is 5.66. The van der Waals surface area contributed by atoms with Crippen LogP contribution < -0.4 is 0 Å². The first-order chi connectivity index (χ1) is 7.93. The lowest BCUT2D eigenvalue weighted by Gasteiger charge is -2.21. The number of carbonyl (C=O) groups is 1. The quantitative estimate of drug-likeness (QED) is 0.444. The molecule has 1 aliphatic carbocycles. The minimum atomic E-state index is -0.217. The van der Waals surface area contributed by atoms with Gasteiger partial charge in [-0.05, 0) is 33.6 Å². The Morgan fingerprint density at radius 1 is 1.18 bits per heavy atom. The van der Waals surface area contributed by atoms with E-state index < -0.39 is 0 Å². The Kier molecular flexibility index (Phi) is 2.69. The van der Waals surface area contributed by atoms with Gasteiger partial charge in [0.2, 0.25) is 0 Å². The highest BCUT2D eigenvalue weighted by molar-refractivity contribution is 5.99. The van der Waals surface area contributed by atoms with Gasteiger partial charge >= 0.3 is 0 Å². The van der Waals surface area contributed by atoms with Crippen molar-refractivity contribution in [3.8, 4) is 11.5 Å². The summed E-state index contributed by atoms with van der Waals surface area (Å²) in [6.07, 6.45) is 3.24. The summed E-state index contributed by atoms with van der Waals surface area (Å²) in [7, 11) is 0. The lowest BCUT2D eigenvalue weighted by Crippen LogP contribution is -2.08. The minimum absolute atomic E-state index is 0.0373. The summed E-state index contributed by atoms with van der Waals surface area (Å²) in [6, 6.07) is 0. The van der Waals surface area contributed by atoms with Crippen LogP contribution in [0.15, 0.2) is 11.6 Å². The number of carbonyl (C=O) groups excluding carboxylic acids is 1. The van der Waals surface area contributed by atoms with Gasteiger partial charge in [-0.3, -0.25) is 4.79 Å². The number of ketones is 1. The van der Waals surface area contributed by atoms with Crippen LogP contribution in [0.5, 0.6) is 11.5 Å². The Morgan fingerprint density at radius 2 is 1.82 bits per heavy atom. The van der Waals surface area contributed by atoms with Crippen LogP contribution in [0, 0.1) is 6.92 Å². The van der Waals surface area contributed by atoms with Crippen molar-refractivity contribution in [1.82, 2.24) is 0 Å². The summed E-state index contributed by atoms with van der Waals surface area (Å²) in [5, 5.41) is 20.3. The number of benzene rings is 1. The van der Waals surface area contributed by atoms with Crippen molar-refractivity contribution >= 4 is 5.78 Å². The second-order valence-electron chi connectivity index (χ2n) is 4.64. The van der Waals surface area contributed by atoms with Gasteiger partial charge in [0.25, 0.3) is 0 Å². The van der Waals surface area contributed by atoms with Crippen molar-refractivity contribution in [3.05, 3.63) is 33.9 Å². The van der Waals surface area contributed by atoms with Crippen molar-refractivity contribution in [3.63, 3.8) is 0 Å². The van der Waals surface area contributed by atoms with Crippen molar-refractivity contribution in [2.24, 2.45) is 0 Å². The molecular formula is C14H16O3. The van der Waals surface area contributed by atoms with E-state index in [1.54, 1.807) is 6.92 Å². The summed E-state index contributed by atoms with van der Waals surface area (Å²) in [5.41, 5.74) is 3.30. The van der Waals surface area contributed by atoms with Crippen LogP contribution in [0.1, 0.15) is 40.9 Å². The van der Waals surface area contributed by atoms with E-state index in [9.17, 15) is 15.0 Å². The third-order valence-electron chi connectivity index (χ3n) is 3.37. The molecule has 0 saturated heterocycles. The highest BCUT2D eigenvalue weighted by atomic mass is 16.3. The molecule has 0 aromatic heterocycles. The third kappa shape index (κ3) is 1.71. The van der Waals surface area contributed by atoms with Crippen LogP contribution >= 0.6 is 0 Å². The topological polar surface area (TPSA) is 57.5 Å². The molecule has 3 heteroatoms. The second kappa shape index (κ2) is 3.91. The average Bonchev–Trinajstić information content (AvgIpc) is 2.26. The number of phenols is 2. The van der Waals surface area contributed by atoms with Crippen LogP contribution in [-0.2, 0) is 12.8 Å². The van der Waals surface area contributed by atoms with Crippen molar-refractivity contribution < 1.29 is 15.0 Å². The molecule has 0 aliphatic heterocycles. The van der Waals surface area contributed by atoms with Gasteiger partial charge in [0.05, 0.1) is 5.56 Å². The molecule has 1 aromatic carbocycles. The molecule has 0 amide bonds. The lowest BCUT2D eigenvalue weighted by molar-refractivity contribution is 0.101. The summed E-state index contributed by atoms with van der Waals surface area (Å²) in [5.74, 6) is -0.0349. The van der Waals surface area contributed by atoms with E-state index in [1.807, 2.05) is 13.0 Å².